The summed E-state index contributed by atoms with van der Waals surface area (Å²) in [5.41, 5.74) is 1.01. The molecule has 0 aliphatic rings. The van der Waals surface area contributed by atoms with Crippen LogP contribution in [0.1, 0.15) is 20.3 Å². The minimum Gasteiger partial charge on any atom is -0.396 e. The third-order valence-corrected chi connectivity index (χ3v) is 2.97. The molecule has 0 amide bonds. The number of anilines is 1. The fourth-order valence-corrected chi connectivity index (χ4v) is 2.00. The highest BCUT2D eigenvalue weighted by atomic mass is 16.3. The third kappa shape index (κ3) is 2.98. The average Bonchev–Trinajstić information content (AvgIpc) is 2.28. The molecule has 0 spiro atoms. The molecule has 0 saturated heterocycles. The Morgan fingerprint density at radius 3 is 2.47 bits per heavy atom. The molecule has 0 aromatic heterocycles. The fourth-order valence-electron chi connectivity index (χ4n) is 2.00. The summed E-state index contributed by atoms with van der Waals surface area (Å²) in [4.78, 5) is 0. The number of aliphatic hydroxyl groups is 1. The molecule has 0 radical (unpaired) electrons. The van der Waals surface area contributed by atoms with E-state index < -0.39 is 0 Å². The second-order valence-electron chi connectivity index (χ2n) is 5.04. The quantitative estimate of drug-likeness (QED) is 0.842. The third-order valence-electron chi connectivity index (χ3n) is 2.97. The molecule has 0 fully saturated rings. The van der Waals surface area contributed by atoms with E-state index in [2.05, 4.69) is 49.5 Å². The molecule has 0 aliphatic carbocycles. The molecule has 0 unspecified atom stereocenters. The molecule has 0 atom stereocenters. The van der Waals surface area contributed by atoms with Gasteiger partial charge < -0.3 is 10.4 Å². The Morgan fingerprint density at radius 2 is 1.76 bits per heavy atom. The van der Waals surface area contributed by atoms with E-state index >= 15 is 0 Å². The Balaban J connectivity index is 2.25. The van der Waals surface area contributed by atoms with Crippen LogP contribution in [0.15, 0.2) is 42.5 Å². The number of rotatable bonds is 4. The van der Waals surface area contributed by atoms with Gasteiger partial charge in [0.2, 0.25) is 0 Å². The molecule has 2 N–H and O–H groups in total. The van der Waals surface area contributed by atoms with Gasteiger partial charge in [0, 0.05) is 17.8 Å². The van der Waals surface area contributed by atoms with Gasteiger partial charge in [0.05, 0.1) is 0 Å². The molecule has 90 valence electrons. The Morgan fingerprint density at radius 1 is 1.06 bits per heavy atom. The van der Waals surface area contributed by atoms with Crippen LogP contribution in [-0.4, -0.2) is 17.3 Å². The molecule has 0 saturated carbocycles. The van der Waals surface area contributed by atoms with Crippen molar-refractivity contribution in [3.8, 4) is 0 Å². The molecular formula is C15H19NO. The summed E-state index contributed by atoms with van der Waals surface area (Å²) in [6.07, 6.45) is 0.736. The van der Waals surface area contributed by atoms with Crippen LogP contribution >= 0.6 is 0 Å². The van der Waals surface area contributed by atoms with Gasteiger partial charge in [-0.3, -0.25) is 0 Å². The lowest BCUT2D eigenvalue weighted by Gasteiger charge is -2.26. The zero-order chi connectivity index (χ0) is 12.3. The summed E-state index contributed by atoms with van der Waals surface area (Å²) in [6.45, 7) is 4.39. The number of fused-ring (bicyclic) bond motifs is 1. The maximum Gasteiger partial charge on any atom is 0.0453 e. The maximum atomic E-state index is 9.01. The molecule has 17 heavy (non-hydrogen) atoms. The van der Waals surface area contributed by atoms with E-state index in [4.69, 9.17) is 5.11 Å². The number of nitrogens with one attached hydrogen (secondary N) is 1. The van der Waals surface area contributed by atoms with Gasteiger partial charge in [0.15, 0.2) is 0 Å². The minimum atomic E-state index is -0.0861. The van der Waals surface area contributed by atoms with Crippen LogP contribution in [-0.2, 0) is 0 Å². The zero-order valence-corrected chi connectivity index (χ0v) is 10.4. The van der Waals surface area contributed by atoms with Crippen molar-refractivity contribution in [2.75, 3.05) is 11.9 Å². The first-order valence-corrected chi connectivity index (χ1v) is 5.99. The van der Waals surface area contributed by atoms with E-state index in [1.165, 1.54) is 10.8 Å². The zero-order valence-electron chi connectivity index (χ0n) is 10.4. The van der Waals surface area contributed by atoms with Crippen LogP contribution < -0.4 is 5.32 Å². The molecule has 0 heterocycles. The van der Waals surface area contributed by atoms with Gasteiger partial charge in [-0.2, -0.15) is 0 Å². The highest BCUT2D eigenvalue weighted by Gasteiger charge is 2.16. The second-order valence-corrected chi connectivity index (χ2v) is 5.04. The van der Waals surface area contributed by atoms with Gasteiger partial charge in [-0.05, 0) is 43.2 Å². The van der Waals surface area contributed by atoms with E-state index in [9.17, 15) is 0 Å². The van der Waals surface area contributed by atoms with Crippen molar-refractivity contribution in [1.29, 1.82) is 0 Å². The van der Waals surface area contributed by atoms with E-state index in [0.29, 0.717) is 0 Å². The van der Waals surface area contributed by atoms with Crippen LogP contribution in [0, 0.1) is 0 Å². The highest BCUT2D eigenvalue weighted by molar-refractivity contribution is 5.85. The lowest BCUT2D eigenvalue weighted by Crippen LogP contribution is -2.31. The van der Waals surface area contributed by atoms with Crippen molar-refractivity contribution in [2.45, 2.75) is 25.8 Å². The number of hydrogen-bond donors (Lipinski definition) is 2. The smallest absolute Gasteiger partial charge is 0.0453 e. The second kappa shape index (κ2) is 4.76. The minimum absolute atomic E-state index is 0.0861. The number of benzene rings is 2. The molecular weight excluding hydrogens is 210 g/mol. The van der Waals surface area contributed by atoms with Gasteiger partial charge in [-0.25, -0.2) is 0 Å². The van der Waals surface area contributed by atoms with Crippen LogP contribution in [0.3, 0.4) is 0 Å². The lowest BCUT2D eigenvalue weighted by atomic mass is 10.0. The summed E-state index contributed by atoms with van der Waals surface area (Å²) in [5.74, 6) is 0. The van der Waals surface area contributed by atoms with Crippen molar-refractivity contribution in [2.24, 2.45) is 0 Å². The fraction of sp³-hybridized carbons (Fsp3) is 0.333. The lowest BCUT2D eigenvalue weighted by molar-refractivity contribution is 0.261. The van der Waals surface area contributed by atoms with E-state index in [1.54, 1.807) is 0 Å². The van der Waals surface area contributed by atoms with Crippen molar-refractivity contribution in [1.82, 2.24) is 0 Å². The first-order chi connectivity index (χ1) is 8.11. The van der Waals surface area contributed by atoms with E-state index in [0.717, 1.165) is 12.1 Å². The Bertz CT molecular complexity index is 505. The van der Waals surface area contributed by atoms with E-state index in [-0.39, 0.29) is 12.1 Å². The largest absolute Gasteiger partial charge is 0.396 e. The SMILES string of the molecule is CC(C)(CCO)Nc1ccc2ccccc2c1. The van der Waals surface area contributed by atoms with Crippen molar-refractivity contribution >= 4 is 16.5 Å². The summed E-state index contributed by atoms with van der Waals surface area (Å²) < 4.78 is 0. The molecule has 0 bridgehead atoms. The summed E-state index contributed by atoms with van der Waals surface area (Å²) in [6, 6.07) is 14.7. The molecule has 2 aromatic carbocycles. The van der Waals surface area contributed by atoms with Crippen LogP contribution in [0.25, 0.3) is 10.8 Å². The Hall–Kier alpha value is -1.54. The average molecular weight is 229 g/mol. The Labute approximate surface area is 102 Å². The molecule has 2 aromatic rings. The first-order valence-electron chi connectivity index (χ1n) is 5.99. The van der Waals surface area contributed by atoms with Gasteiger partial charge >= 0.3 is 0 Å². The Kier molecular flexibility index (Phi) is 3.34. The predicted molar refractivity (Wildman–Crippen MR) is 73.4 cm³/mol. The van der Waals surface area contributed by atoms with Gasteiger partial charge in [0.1, 0.15) is 0 Å². The van der Waals surface area contributed by atoms with E-state index in [1.807, 2.05) is 12.1 Å². The molecule has 2 nitrogen and oxygen atoms in total. The number of aliphatic hydroxyl groups excluding tert-OH is 1. The molecule has 2 heteroatoms. The predicted octanol–water partition coefficient (Wildman–Crippen LogP) is 3.41. The van der Waals surface area contributed by atoms with Crippen LogP contribution in [0.5, 0.6) is 0 Å². The van der Waals surface area contributed by atoms with Crippen LogP contribution in [0.4, 0.5) is 5.69 Å². The summed E-state index contributed by atoms with van der Waals surface area (Å²) >= 11 is 0. The van der Waals surface area contributed by atoms with Gasteiger partial charge in [0.25, 0.3) is 0 Å². The van der Waals surface area contributed by atoms with Crippen molar-refractivity contribution in [3.05, 3.63) is 42.5 Å². The van der Waals surface area contributed by atoms with Crippen molar-refractivity contribution in [3.63, 3.8) is 0 Å². The summed E-state index contributed by atoms with van der Waals surface area (Å²) in [5, 5.41) is 14.9. The topological polar surface area (TPSA) is 32.3 Å². The number of hydrogen-bond acceptors (Lipinski definition) is 2. The highest BCUT2D eigenvalue weighted by Crippen LogP contribution is 2.22. The molecule has 2 rings (SSSR count). The van der Waals surface area contributed by atoms with Gasteiger partial charge in [-0.1, -0.05) is 30.3 Å². The van der Waals surface area contributed by atoms with Crippen molar-refractivity contribution < 1.29 is 5.11 Å². The monoisotopic (exact) mass is 229 g/mol. The molecule has 0 aliphatic heterocycles. The van der Waals surface area contributed by atoms with Gasteiger partial charge in [-0.15, -0.1) is 0 Å². The standard InChI is InChI=1S/C15H19NO/c1-15(2,9-10-17)16-14-8-7-12-5-3-4-6-13(12)11-14/h3-8,11,16-17H,9-10H2,1-2H3. The van der Waals surface area contributed by atoms with Crippen LogP contribution in [0.2, 0.25) is 0 Å². The summed E-state index contributed by atoms with van der Waals surface area (Å²) in [7, 11) is 0. The normalized spacial score (nSPS) is 11.7. The maximum absolute atomic E-state index is 9.01. The first kappa shape index (κ1) is 11.9.